The molecule has 2 atom stereocenters. The lowest BCUT2D eigenvalue weighted by molar-refractivity contribution is 0.493. The number of rotatable bonds is 5. The summed E-state index contributed by atoms with van der Waals surface area (Å²) in [5, 5.41) is -0.306. The van der Waals surface area contributed by atoms with Crippen LogP contribution < -0.4 is 11.3 Å². The van der Waals surface area contributed by atoms with Crippen molar-refractivity contribution in [3.8, 4) is 0 Å². The Morgan fingerprint density at radius 1 is 1.50 bits per heavy atom. The zero-order valence-electron chi connectivity index (χ0n) is 10.2. The van der Waals surface area contributed by atoms with E-state index < -0.39 is 26.9 Å². The molecular formula is C11H16ClFN2O2S. The van der Waals surface area contributed by atoms with Gasteiger partial charge in [-0.15, -0.1) is 0 Å². The summed E-state index contributed by atoms with van der Waals surface area (Å²) in [4.78, 5) is 0. The first-order valence-electron chi connectivity index (χ1n) is 5.34. The van der Waals surface area contributed by atoms with Gasteiger partial charge in [0.25, 0.3) is 0 Å². The van der Waals surface area contributed by atoms with Crippen LogP contribution in [0.5, 0.6) is 0 Å². The standard InChI is InChI=1S/C11H16ClFN2O2S/c1-7(18(2,16)17)11(15-14)6-8-5-9(13)3-4-10(8)12/h3-5,7,11,15H,6,14H2,1-2H3. The number of hydrogen-bond acceptors (Lipinski definition) is 4. The quantitative estimate of drug-likeness (QED) is 0.634. The maximum Gasteiger partial charge on any atom is 0.151 e. The third-order valence-electron chi connectivity index (χ3n) is 2.90. The topological polar surface area (TPSA) is 72.2 Å². The van der Waals surface area contributed by atoms with E-state index >= 15 is 0 Å². The lowest BCUT2D eigenvalue weighted by Crippen LogP contribution is -2.47. The molecule has 0 saturated heterocycles. The Morgan fingerprint density at radius 2 is 2.11 bits per heavy atom. The van der Waals surface area contributed by atoms with Gasteiger partial charge in [0.2, 0.25) is 0 Å². The average molecular weight is 295 g/mol. The van der Waals surface area contributed by atoms with E-state index in [2.05, 4.69) is 5.43 Å². The SMILES string of the molecule is CC(C(Cc1cc(F)ccc1Cl)NN)S(C)(=O)=O. The van der Waals surface area contributed by atoms with Crippen LogP contribution in [-0.2, 0) is 16.3 Å². The van der Waals surface area contributed by atoms with Crippen LogP contribution in [0.2, 0.25) is 5.02 Å². The molecule has 0 aliphatic heterocycles. The highest BCUT2D eigenvalue weighted by atomic mass is 35.5. The Hall–Kier alpha value is -0.690. The average Bonchev–Trinajstić information content (AvgIpc) is 2.28. The minimum Gasteiger partial charge on any atom is -0.271 e. The molecule has 0 fully saturated rings. The van der Waals surface area contributed by atoms with E-state index in [1.807, 2.05) is 0 Å². The molecule has 0 aliphatic carbocycles. The lowest BCUT2D eigenvalue weighted by atomic mass is 10.0. The normalized spacial score (nSPS) is 15.4. The summed E-state index contributed by atoms with van der Waals surface area (Å²) in [5.41, 5.74) is 2.97. The van der Waals surface area contributed by atoms with Gasteiger partial charge in [0.05, 0.1) is 5.25 Å². The number of halogens is 2. The van der Waals surface area contributed by atoms with E-state index in [9.17, 15) is 12.8 Å². The molecule has 0 aliphatic rings. The highest BCUT2D eigenvalue weighted by Crippen LogP contribution is 2.20. The fourth-order valence-electron chi connectivity index (χ4n) is 1.60. The highest BCUT2D eigenvalue weighted by molar-refractivity contribution is 7.91. The van der Waals surface area contributed by atoms with Crippen LogP contribution in [0.15, 0.2) is 18.2 Å². The summed E-state index contributed by atoms with van der Waals surface area (Å²) in [7, 11) is -3.24. The number of nitrogens with two attached hydrogens (primary N) is 1. The second-order valence-electron chi connectivity index (χ2n) is 4.25. The van der Waals surface area contributed by atoms with Gasteiger partial charge >= 0.3 is 0 Å². The molecule has 0 spiro atoms. The van der Waals surface area contributed by atoms with Gasteiger partial charge in [-0.3, -0.25) is 11.3 Å². The third-order valence-corrected chi connectivity index (χ3v) is 4.95. The molecule has 1 aromatic carbocycles. The minimum absolute atomic E-state index is 0.237. The molecule has 0 saturated carbocycles. The zero-order chi connectivity index (χ0) is 13.9. The van der Waals surface area contributed by atoms with E-state index in [4.69, 9.17) is 17.4 Å². The van der Waals surface area contributed by atoms with Crippen molar-refractivity contribution in [3.05, 3.63) is 34.6 Å². The smallest absolute Gasteiger partial charge is 0.151 e. The van der Waals surface area contributed by atoms with Crippen molar-refractivity contribution < 1.29 is 12.8 Å². The van der Waals surface area contributed by atoms with Crippen molar-refractivity contribution in [2.75, 3.05) is 6.26 Å². The molecule has 18 heavy (non-hydrogen) atoms. The van der Waals surface area contributed by atoms with Crippen LogP contribution in [0.3, 0.4) is 0 Å². The van der Waals surface area contributed by atoms with Gasteiger partial charge in [0, 0.05) is 17.3 Å². The third kappa shape index (κ3) is 3.91. The van der Waals surface area contributed by atoms with E-state index in [-0.39, 0.29) is 6.42 Å². The summed E-state index contributed by atoms with van der Waals surface area (Å²) < 4.78 is 36.1. The van der Waals surface area contributed by atoms with Crippen molar-refractivity contribution in [3.63, 3.8) is 0 Å². The number of sulfone groups is 1. The zero-order valence-corrected chi connectivity index (χ0v) is 11.7. The van der Waals surface area contributed by atoms with Crippen molar-refractivity contribution in [1.82, 2.24) is 5.43 Å². The molecule has 0 bridgehead atoms. The second-order valence-corrected chi connectivity index (χ2v) is 7.06. The monoisotopic (exact) mass is 294 g/mol. The van der Waals surface area contributed by atoms with Crippen LogP contribution in [0, 0.1) is 5.82 Å². The Kier molecular flexibility index (Phi) is 5.10. The number of nitrogens with one attached hydrogen (secondary N) is 1. The number of hydrogen-bond donors (Lipinski definition) is 2. The number of benzene rings is 1. The van der Waals surface area contributed by atoms with E-state index in [0.717, 1.165) is 6.26 Å². The van der Waals surface area contributed by atoms with Crippen molar-refractivity contribution in [1.29, 1.82) is 0 Å². The maximum absolute atomic E-state index is 13.1. The van der Waals surface area contributed by atoms with E-state index in [0.29, 0.717) is 10.6 Å². The molecule has 4 nitrogen and oxygen atoms in total. The van der Waals surface area contributed by atoms with Gasteiger partial charge in [-0.1, -0.05) is 11.6 Å². The molecule has 3 N–H and O–H groups in total. The lowest BCUT2D eigenvalue weighted by Gasteiger charge is -2.22. The fraction of sp³-hybridized carbons (Fsp3) is 0.455. The van der Waals surface area contributed by atoms with Crippen molar-refractivity contribution in [2.45, 2.75) is 24.6 Å². The molecule has 102 valence electrons. The van der Waals surface area contributed by atoms with Gasteiger partial charge in [-0.05, 0) is 37.1 Å². The molecule has 0 amide bonds. The highest BCUT2D eigenvalue weighted by Gasteiger charge is 2.25. The molecule has 1 aromatic rings. The first kappa shape index (κ1) is 15.4. The molecule has 7 heteroatoms. The minimum atomic E-state index is -3.24. The van der Waals surface area contributed by atoms with E-state index in [1.54, 1.807) is 6.92 Å². The number of hydrazine groups is 1. The van der Waals surface area contributed by atoms with Crippen LogP contribution in [-0.4, -0.2) is 26.0 Å². The first-order chi connectivity index (χ1) is 8.25. The Morgan fingerprint density at radius 3 is 2.61 bits per heavy atom. The van der Waals surface area contributed by atoms with Gasteiger partial charge < -0.3 is 0 Å². The summed E-state index contributed by atoms with van der Waals surface area (Å²) in [5.74, 6) is 4.94. The summed E-state index contributed by atoms with van der Waals surface area (Å²) in [6.07, 6.45) is 1.37. The molecule has 2 unspecified atom stereocenters. The Balaban J connectivity index is 2.96. The molecule has 0 radical (unpaired) electrons. The Bertz CT molecular complexity index is 522. The van der Waals surface area contributed by atoms with Crippen LogP contribution in [0.4, 0.5) is 4.39 Å². The predicted octanol–water partition coefficient (Wildman–Crippen LogP) is 1.29. The summed E-state index contributed by atoms with van der Waals surface area (Å²) in [6.45, 7) is 1.55. The summed E-state index contributed by atoms with van der Waals surface area (Å²) >= 11 is 5.93. The van der Waals surface area contributed by atoms with Gasteiger partial charge in [-0.25, -0.2) is 12.8 Å². The fourth-order valence-corrected chi connectivity index (χ4v) is 2.56. The van der Waals surface area contributed by atoms with Crippen LogP contribution >= 0.6 is 11.6 Å². The molecule has 0 heterocycles. The van der Waals surface area contributed by atoms with E-state index in [1.165, 1.54) is 18.2 Å². The van der Waals surface area contributed by atoms with Crippen molar-refractivity contribution >= 4 is 21.4 Å². The van der Waals surface area contributed by atoms with Gasteiger partial charge in [0.15, 0.2) is 9.84 Å². The Labute approximate surface area is 111 Å². The van der Waals surface area contributed by atoms with Gasteiger partial charge in [-0.2, -0.15) is 0 Å². The van der Waals surface area contributed by atoms with Crippen molar-refractivity contribution in [2.24, 2.45) is 5.84 Å². The summed E-state index contributed by atoms with van der Waals surface area (Å²) in [6, 6.07) is 3.43. The first-order valence-corrected chi connectivity index (χ1v) is 7.68. The molecular weight excluding hydrogens is 279 g/mol. The maximum atomic E-state index is 13.1. The van der Waals surface area contributed by atoms with Crippen LogP contribution in [0.1, 0.15) is 12.5 Å². The van der Waals surface area contributed by atoms with Gasteiger partial charge in [0.1, 0.15) is 5.82 Å². The molecule has 1 rings (SSSR count). The van der Waals surface area contributed by atoms with Crippen LogP contribution in [0.25, 0.3) is 0 Å². The largest absolute Gasteiger partial charge is 0.271 e. The molecule has 0 aromatic heterocycles. The second kappa shape index (κ2) is 5.97. The predicted molar refractivity (Wildman–Crippen MR) is 70.5 cm³/mol.